The van der Waals surface area contributed by atoms with Crippen LogP contribution in [0.25, 0.3) is 10.4 Å². The zero-order chi connectivity index (χ0) is 15.6. The molecule has 4 unspecified atom stereocenters. The third-order valence-corrected chi connectivity index (χ3v) is 3.33. The number of aliphatic hydroxyl groups excluding tert-OH is 1. The van der Waals surface area contributed by atoms with Crippen LogP contribution in [0, 0.1) is 6.92 Å². The van der Waals surface area contributed by atoms with E-state index in [9.17, 15) is 14.7 Å². The fourth-order valence-corrected chi connectivity index (χ4v) is 2.24. The quantitative estimate of drug-likeness (QED) is 0.434. The maximum Gasteiger partial charge on any atom is 0.330 e. The van der Waals surface area contributed by atoms with Gasteiger partial charge < -0.3 is 14.6 Å². The molecule has 21 heavy (non-hydrogen) atoms. The third kappa shape index (κ3) is 2.83. The number of aryl methyl sites for hydroxylation is 1. The molecule has 2 heterocycles. The number of aromatic amines is 1. The van der Waals surface area contributed by atoms with E-state index in [1.165, 1.54) is 13.3 Å². The topological polar surface area (TPSA) is 142 Å². The van der Waals surface area contributed by atoms with Crippen LogP contribution in [0.15, 0.2) is 20.9 Å². The van der Waals surface area contributed by atoms with Crippen molar-refractivity contribution in [1.82, 2.24) is 9.55 Å². The smallest absolute Gasteiger partial charge is 0.330 e. The second-order valence-corrected chi connectivity index (χ2v) is 4.65. The summed E-state index contributed by atoms with van der Waals surface area (Å²) in [4.78, 5) is 28.0. The number of hydrogen-bond donors (Lipinski definition) is 2. The summed E-state index contributed by atoms with van der Waals surface area (Å²) in [5.41, 5.74) is 7.48. The van der Waals surface area contributed by atoms with Crippen molar-refractivity contribution in [3.05, 3.63) is 43.0 Å². The lowest BCUT2D eigenvalue weighted by Crippen LogP contribution is -2.39. The molecule has 1 aliphatic heterocycles. The van der Waals surface area contributed by atoms with Gasteiger partial charge in [0.1, 0.15) is 12.2 Å². The normalized spacial score (nSPS) is 28.3. The molecule has 0 bridgehead atoms. The van der Waals surface area contributed by atoms with Crippen molar-refractivity contribution in [2.24, 2.45) is 5.11 Å². The zero-order valence-electron chi connectivity index (χ0n) is 11.5. The Kier molecular flexibility index (Phi) is 4.43. The molecule has 0 aromatic carbocycles. The molecular weight excluding hydrogens is 282 g/mol. The van der Waals surface area contributed by atoms with Gasteiger partial charge in [-0.15, -0.1) is 0 Å². The fraction of sp³-hybridized carbons (Fsp3) is 0.636. The average molecular weight is 297 g/mol. The van der Waals surface area contributed by atoms with Crippen LogP contribution in [0.2, 0.25) is 0 Å². The van der Waals surface area contributed by atoms with Gasteiger partial charge in [-0.05, 0) is 12.5 Å². The number of hydrogen-bond acceptors (Lipinski definition) is 6. The summed E-state index contributed by atoms with van der Waals surface area (Å²) in [7, 11) is 1.36. The molecule has 4 atom stereocenters. The minimum absolute atomic E-state index is 0.0922. The Morgan fingerprint density at radius 3 is 2.95 bits per heavy atom. The number of methoxy groups -OCH3 is 1. The molecule has 1 saturated heterocycles. The maximum atomic E-state index is 11.9. The predicted octanol–water partition coefficient (Wildman–Crippen LogP) is -0.571. The van der Waals surface area contributed by atoms with Gasteiger partial charge in [-0.1, -0.05) is 5.11 Å². The lowest BCUT2D eigenvalue weighted by atomic mass is 10.1. The highest BCUT2D eigenvalue weighted by atomic mass is 16.6. The van der Waals surface area contributed by atoms with E-state index in [0.717, 1.165) is 4.57 Å². The summed E-state index contributed by atoms with van der Waals surface area (Å²) in [6, 6.07) is 0. The van der Waals surface area contributed by atoms with Crippen molar-refractivity contribution in [2.75, 3.05) is 13.7 Å². The Morgan fingerprint density at radius 2 is 2.33 bits per heavy atom. The van der Waals surface area contributed by atoms with Crippen LogP contribution in [0.1, 0.15) is 11.8 Å². The summed E-state index contributed by atoms with van der Waals surface area (Å²) >= 11 is 0. The first-order valence-electron chi connectivity index (χ1n) is 6.18. The summed E-state index contributed by atoms with van der Waals surface area (Å²) in [6.07, 6.45) is -2.28. The largest absolute Gasteiger partial charge is 0.388 e. The van der Waals surface area contributed by atoms with Crippen LogP contribution >= 0.6 is 0 Å². The molecule has 0 saturated carbocycles. The number of azide groups is 1. The molecule has 0 spiro atoms. The second kappa shape index (κ2) is 6.10. The highest BCUT2D eigenvalue weighted by Gasteiger charge is 2.45. The van der Waals surface area contributed by atoms with Crippen LogP contribution in [-0.4, -0.2) is 46.6 Å². The second-order valence-electron chi connectivity index (χ2n) is 4.65. The molecule has 114 valence electrons. The van der Waals surface area contributed by atoms with E-state index in [-0.39, 0.29) is 6.54 Å². The van der Waals surface area contributed by atoms with Crippen molar-refractivity contribution in [3.8, 4) is 0 Å². The molecule has 0 aliphatic carbocycles. The van der Waals surface area contributed by atoms with Gasteiger partial charge in [0.05, 0.1) is 12.6 Å². The lowest BCUT2D eigenvalue weighted by molar-refractivity contribution is -0.0527. The Hall–Kier alpha value is -2.13. The first-order chi connectivity index (χ1) is 9.99. The zero-order valence-corrected chi connectivity index (χ0v) is 11.5. The van der Waals surface area contributed by atoms with Gasteiger partial charge >= 0.3 is 5.69 Å². The summed E-state index contributed by atoms with van der Waals surface area (Å²) in [6.45, 7) is 1.45. The van der Waals surface area contributed by atoms with Gasteiger partial charge in [0.2, 0.25) is 0 Å². The third-order valence-electron chi connectivity index (χ3n) is 3.33. The first-order valence-corrected chi connectivity index (χ1v) is 6.18. The Bertz CT molecular complexity index is 676. The SMILES string of the molecule is COC1C(O)C(CN=[N+]=[N-])OC1n1cc(C)c(=O)[nH]c1=O. The number of nitrogens with zero attached hydrogens (tertiary/aromatic N) is 4. The monoisotopic (exact) mass is 297 g/mol. The molecule has 2 rings (SSSR count). The molecule has 0 amide bonds. The van der Waals surface area contributed by atoms with Crippen LogP contribution < -0.4 is 11.2 Å². The summed E-state index contributed by atoms with van der Waals surface area (Å²) in [5, 5.41) is 13.5. The number of rotatable bonds is 4. The predicted molar refractivity (Wildman–Crippen MR) is 70.8 cm³/mol. The minimum atomic E-state index is -1.07. The standard InChI is InChI=1S/C11H15N5O5/c1-5-4-16(11(19)14-9(5)18)10-8(20-2)7(17)6(21-10)3-13-15-12/h4,6-8,10,17H,3H2,1-2H3,(H,14,18,19). The number of aliphatic hydroxyl groups is 1. The molecule has 1 aliphatic rings. The van der Waals surface area contributed by atoms with Crippen molar-refractivity contribution in [1.29, 1.82) is 0 Å². The van der Waals surface area contributed by atoms with Crippen molar-refractivity contribution < 1.29 is 14.6 Å². The maximum absolute atomic E-state index is 11.9. The van der Waals surface area contributed by atoms with Gasteiger partial charge in [-0.2, -0.15) is 0 Å². The summed E-state index contributed by atoms with van der Waals surface area (Å²) < 4.78 is 11.8. The molecule has 1 aromatic rings. The molecule has 10 nitrogen and oxygen atoms in total. The van der Waals surface area contributed by atoms with Crippen molar-refractivity contribution >= 4 is 0 Å². The first kappa shape index (κ1) is 15.3. The van der Waals surface area contributed by atoms with Crippen LogP contribution in [0.4, 0.5) is 0 Å². The Balaban J connectivity index is 2.38. The minimum Gasteiger partial charge on any atom is -0.388 e. The molecule has 1 aromatic heterocycles. The number of nitrogens with one attached hydrogen (secondary N) is 1. The van der Waals surface area contributed by atoms with Crippen LogP contribution in [0.3, 0.4) is 0 Å². The summed E-state index contributed by atoms with van der Waals surface area (Å²) in [5.74, 6) is 0. The van der Waals surface area contributed by atoms with Crippen LogP contribution in [-0.2, 0) is 9.47 Å². The molecule has 10 heteroatoms. The van der Waals surface area contributed by atoms with Gasteiger partial charge in [0.25, 0.3) is 5.56 Å². The lowest BCUT2D eigenvalue weighted by Gasteiger charge is -2.20. The van der Waals surface area contributed by atoms with Gasteiger partial charge in [0, 0.05) is 23.8 Å². The fourth-order valence-electron chi connectivity index (χ4n) is 2.24. The molecule has 2 N–H and O–H groups in total. The van der Waals surface area contributed by atoms with E-state index in [4.69, 9.17) is 15.0 Å². The Labute approximate surface area is 118 Å². The van der Waals surface area contributed by atoms with Crippen molar-refractivity contribution in [3.63, 3.8) is 0 Å². The highest BCUT2D eigenvalue weighted by Crippen LogP contribution is 2.30. The van der Waals surface area contributed by atoms with Crippen molar-refractivity contribution in [2.45, 2.75) is 31.5 Å². The number of aromatic nitrogens is 2. The molecule has 0 radical (unpaired) electrons. The van der Waals surface area contributed by atoms with E-state index in [1.807, 2.05) is 0 Å². The highest BCUT2D eigenvalue weighted by molar-refractivity contribution is 5.03. The number of ether oxygens (including phenoxy) is 2. The van der Waals surface area contributed by atoms with E-state index in [2.05, 4.69) is 15.0 Å². The molecule has 1 fully saturated rings. The van der Waals surface area contributed by atoms with E-state index in [1.54, 1.807) is 6.92 Å². The van der Waals surface area contributed by atoms with Gasteiger partial charge in [-0.25, -0.2) is 4.79 Å². The number of H-pyrrole nitrogens is 1. The van der Waals surface area contributed by atoms with E-state index in [0.29, 0.717) is 5.56 Å². The van der Waals surface area contributed by atoms with Crippen LogP contribution in [0.5, 0.6) is 0 Å². The average Bonchev–Trinajstić information content (AvgIpc) is 2.76. The van der Waals surface area contributed by atoms with E-state index < -0.39 is 35.8 Å². The van der Waals surface area contributed by atoms with E-state index >= 15 is 0 Å². The molecular formula is C11H15N5O5. The Morgan fingerprint density at radius 1 is 1.62 bits per heavy atom. The van der Waals surface area contributed by atoms with Gasteiger partial charge in [0.15, 0.2) is 6.23 Å². The van der Waals surface area contributed by atoms with Gasteiger partial charge in [-0.3, -0.25) is 14.3 Å².